The van der Waals surface area contributed by atoms with E-state index in [9.17, 15) is 14.4 Å². The third-order valence-corrected chi connectivity index (χ3v) is 2.29. The van der Waals surface area contributed by atoms with Gasteiger partial charge in [-0.3, -0.25) is 4.79 Å². The van der Waals surface area contributed by atoms with Crippen LogP contribution in [-0.2, 0) is 33.3 Å². The summed E-state index contributed by atoms with van der Waals surface area (Å²) in [5, 5.41) is 0. The third kappa shape index (κ3) is 1.99. The molecule has 0 radical (unpaired) electrons. The van der Waals surface area contributed by atoms with Gasteiger partial charge in [0, 0.05) is 7.11 Å². The highest BCUT2D eigenvalue weighted by Crippen LogP contribution is 2.27. The van der Waals surface area contributed by atoms with Crippen LogP contribution in [0.1, 0.15) is 0 Å². The van der Waals surface area contributed by atoms with Gasteiger partial charge >= 0.3 is 17.9 Å². The maximum atomic E-state index is 11.4. The summed E-state index contributed by atoms with van der Waals surface area (Å²) in [7, 11) is 3.51. The standard InChI is InChI=1S/C9H12O7/c1-13-5-4(7(10)14-2)6(8(11)15-3)16-9(5)12/h4-6H,1-3H3. The second-order valence-corrected chi connectivity index (χ2v) is 3.09. The van der Waals surface area contributed by atoms with Gasteiger partial charge in [-0.15, -0.1) is 0 Å². The molecule has 7 nitrogen and oxygen atoms in total. The average molecular weight is 232 g/mol. The van der Waals surface area contributed by atoms with E-state index in [0.717, 1.165) is 14.2 Å². The summed E-state index contributed by atoms with van der Waals surface area (Å²) in [4.78, 5) is 34.0. The first-order chi connectivity index (χ1) is 7.56. The number of methoxy groups -OCH3 is 3. The van der Waals surface area contributed by atoms with Gasteiger partial charge in [-0.2, -0.15) is 0 Å². The molecule has 1 rings (SSSR count). The van der Waals surface area contributed by atoms with E-state index in [1.807, 2.05) is 0 Å². The maximum Gasteiger partial charge on any atom is 0.348 e. The van der Waals surface area contributed by atoms with Gasteiger partial charge in [0.05, 0.1) is 14.2 Å². The van der Waals surface area contributed by atoms with Crippen molar-refractivity contribution in [2.45, 2.75) is 12.2 Å². The Morgan fingerprint density at radius 2 is 1.69 bits per heavy atom. The maximum absolute atomic E-state index is 11.4. The molecule has 0 N–H and O–H groups in total. The Morgan fingerprint density at radius 3 is 2.12 bits per heavy atom. The fourth-order valence-corrected chi connectivity index (χ4v) is 1.51. The highest BCUT2D eigenvalue weighted by atomic mass is 16.6. The van der Waals surface area contributed by atoms with Crippen molar-refractivity contribution < 1.29 is 33.3 Å². The van der Waals surface area contributed by atoms with Crippen LogP contribution in [0.25, 0.3) is 0 Å². The van der Waals surface area contributed by atoms with E-state index >= 15 is 0 Å². The number of hydrogen-bond donors (Lipinski definition) is 0. The highest BCUT2D eigenvalue weighted by Gasteiger charge is 2.54. The molecule has 3 atom stereocenters. The molecule has 1 saturated heterocycles. The van der Waals surface area contributed by atoms with Crippen LogP contribution in [0.2, 0.25) is 0 Å². The zero-order valence-electron chi connectivity index (χ0n) is 9.09. The summed E-state index contributed by atoms with van der Waals surface area (Å²) < 4.78 is 18.4. The van der Waals surface area contributed by atoms with Gasteiger partial charge in [0.25, 0.3) is 0 Å². The molecular weight excluding hydrogens is 220 g/mol. The molecule has 1 aliphatic heterocycles. The molecule has 0 saturated carbocycles. The Hall–Kier alpha value is -1.63. The fourth-order valence-electron chi connectivity index (χ4n) is 1.51. The minimum absolute atomic E-state index is 0.756. The molecule has 90 valence electrons. The van der Waals surface area contributed by atoms with Crippen LogP contribution < -0.4 is 0 Å². The topological polar surface area (TPSA) is 88.1 Å². The largest absolute Gasteiger partial charge is 0.469 e. The van der Waals surface area contributed by atoms with Crippen molar-refractivity contribution in [1.29, 1.82) is 0 Å². The molecule has 0 bridgehead atoms. The summed E-state index contributed by atoms with van der Waals surface area (Å²) in [6.07, 6.45) is -2.45. The molecule has 0 spiro atoms. The Bertz CT molecular complexity index is 309. The van der Waals surface area contributed by atoms with E-state index in [4.69, 9.17) is 9.47 Å². The van der Waals surface area contributed by atoms with E-state index in [-0.39, 0.29) is 0 Å². The van der Waals surface area contributed by atoms with Crippen molar-refractivity contribution >= 4 is 17.9 Å². The smallest absolute Gasteiger partial charge is 0.348 e. The predicted molar refractivity (Wildman–Crippen MR) is 48.2 cm³/mol. The van der Waals surface area contributed by atoms with Crippen molar-refractivity contribution in [2.24, 2.45) is 5.92 Å². The monoisotopic (exact) mass is 232 g/mol. The van der Waals surface area contributed by atoms with Gasteiger partial charge in [0.15, 0.2) is 6.10 Å². The summed E-state index contributed by atoms with van der Waals surface area (Å²) in [5.41, 5.74) is 0. The fraction of sp³-hybridized carbons (Fsp3) is 0.667. The van der Waals surface area contributed by atoms with Crippen molar-refractivity contribution in [3.8, 4) is 0 Å². The van der Waals surface area contributed by atoms with E-state index in [2.05, 4.69) is 9.47 Å². The molecular formula is C9H12O7. The number of ether oxygens (including phenoxy) is 4. The van der Waals surface area contributed by atoms with Gasteiger partial charge in [-0.25, -0.2) is 9.59 Å². The zero-order valence-corrected chi connectivity index (χ0v) is 9.09. The lowest BCUT2D eigenvalue weighted by Gasteiger charge is -2.15. The normalized spacial score (nSPS) is 28.4. The van der Waals surface area contributed by atoms with Crippen LogP contribution in [0.5, 0.6) is 0 Å². The first-order valence-corrected chi connectivity index (χ1v) is 4.45. The summed E-state index contributed by atoms with van der Waals surface area (Å²) in [6, 6.07) is 0. The average Bonchev–Trinajstić information content (AvgIpc) is 2.63. The third-order valence-electron chi connectivity index (χ3n) is 2.29. The Labute approximate surface area is 91.6 Å². The number of hydrogen-bond acceptors (Lipinski definition) is 7. The van der Waals surface area contributed by atoms with E-state index in [0.29, 0.717) is 0 Å². The van der Waals surface area contributed by atoms with Crippen molar-refractivity contribution in [3.05, 3.63) is 0 Å². The van der Waals surface area contributed by atoms with Gasteiger partial charge in [0.1, 0.15) is 5.92 Å². The minimum atomic E-state index is -1.31. The van der Waals surface area contributed by atoms with Gasteiger partial charge < -0.3 is 18.9 Å². The predicted octanol–water partition coefficient (Wildman–Crippen LogP) is -1.11. The second-order valence-electron chi connectivity index (χ2n) is 3.09. The molecule has 3 unspecified atom stereocenters. The van der Waals surface area contributed by atoms with E-state index < -0.39 is 36.0 Å². The first kappa shape index (κ1) is 12.4. The number of carbonyl (C=O) groups excluding carboxylic acids is 3. The molecule has 0 aromatic carbocycles. The number of cyclic esters (lactones) is 1. The highest BCUT2D eigenvalue weighted by molar-refractivity contribution is 5.94. The van der Waals surface area contributed by atoms with E-state index in [1.54, 1.807) is 0 Å². The lowest BCUT2D eigenvalue weighted by Crippen LogP contribution is -2.39. The van der Waals surface area contributed by atoms with E-state index in [1.165, 1.54) is 7.11 Å². The van der Waals surface area contributed by atoms with Crippen LogP contribution in [0.15, 0.2) is 0 Å². The quantitative estimate of drug-likeness (QED) is 0.450. The lowest BCUT2D eigenvalue weighted by atomic mass is 9.99. The number of rotatable bonds is 3. The van der Waals surface area contributed by atoms with Gasteiger partial charge in [0.2, 0.25) is 6.10 Å². The molecule has 1 aliphatic rings. The van der Waals surface area contributed by atoms with Crippen molar-refractivity contribution in [1.82, 2.24) is 0 Å². The van der Waals surface area contributed by atoms with Crippen LogP contribution in [0.3, 0.4) is 0 Å². The lowest BCUT2D eigenvalue weighted by molar-refractivity contribution is -0.164. The minimum Gasteiger partial charge on any atom is -0.469 e. The SMILES string of the molecule is COC(=O)C1OC(=O)C(OC)C1C(=O)OC. The molecule has 16 heavy (non-hydrogen) atoms. The summed E-state index contributed by atoms with van der Waals surface area (Å²) >= 11 is 0. The Balaban J connectivity index is 2.97. The zero-order chi connectivity index (χ0) is 12.3. The van der Waals surface area contributed by atoms with Gasteiger partial charge in [-0.05, 0) is 0 Å². The first-order valence-electron chi connectivity index (χ1n) is 4.45. The molecule has 0 aliphatic carbocycles. The van der Waals surface area contributed by atoms with Crippen LogP contribution >= 0.6 is 0 Å². The number of esters is 3. The van der Waals surface area contributed by atoms with Crippen molar-refractivity contribution in [3.63, 3.8) is 0 Å². The Morgan fingerprint density at radius 1 is 1.12 bits per heavy atom. The summed E-state index contributed by atoms with van der Waals surface area (Å²) in [6.45, 7) is 0. The van der Waals surface area contributed by atoms with Crippen LogP contribution in [-0.4, -0.2) is 51.4 Å². The molecule has 0 amide bonds. The Kier molecular flexibility index (Phi) is 3.83. The molecule has 1 fully saturated rings. The molecule has 0 aromatic heterocycles. The second kappa shape index (κ2) is 4.93. The van der Waals surface area contributed by atoms with Crippen LogP contribution in [0, 0.1) is 5.92 Å². The number of carbonyl (C=O) groups is 3. The summed E-state index contributed by atoms with van der Waals surface area (Å²) in [5.74, 6) is -3.49. The molecule has 0 aromatic rings. The van der Waals surface area contributed by atoms with Crippen molar-refractivity contribution in [2.75, 3.05) is 21.3 Å². The molecule has 7 heteroatoms. The van der Waals surface area contributed by atoms with Gasteiger partial charge in [-0.1, -0.05) is 0 Å². The molecule has 1 heterocycles. The van der Waals surface area contributed by atoms with Crippen LogP contribution in [0.4, 0.5) is 0 Å².